The fourth-order valence-corrected chi connectivity index (χ4v) is 4.06. The minimum absolute atomic E-state index is 0.186. The number of pyridine rings is 1. The standard InChI is InChI=1S/C30H36FNO2/c1-4-6-7-8-11-21-30(3,31)29(33)34-25-18-16-24(17-19-25)26-13-9-10-14-27(26)28-20-15-23(12-5-2)22-32-28/h9-10,13-20,22H,4-8,11-12,21H2,1-3H3. The van der Waals surface area contributed by atoms with E-state index in [2.05, 4.69) is 43.1 Å². The highest BCUT2D eigenvalue weighted by Crippen LogP contribution is 2.32. The van der Waals surface area contributed by atoms with Gasteiger partial charge in [0.15, 0.2) is 0 Å². The molecule has 0 spiro atoms. The van der Waals surface area contributed by atoms with Crippen LogP contribution in [-0.4, -0.2) is 16.6 Å². The lowest BCUT2D eigenvalue weighted by atomic mass is 9.97. The average molecular weight is 462 g/mol. The van der Waals surface area contributed by atoms with E-state index in [1.54, 1.807) is 12.1 Å². The quantitative estimate of drug-likeness (QED) is 0.154. The van der Waals surface area contributed by atoms with Crippen LogP contribution < -0.4 is 4.74 Å². The smallest absolute Gasteiger partial charge is 0.348 e. The third kappa shape index (κ3) is 6.99. The van der Waals surface area contributed by atoms with Crippen molar-refractivity contribution >= 4 is 5.97 Å². The number of halogens is 1. The molecule has 0 N–H and O–H groups in total. The molecule has 0 saturated heterocycles. The number of aryl methyl sites for hydroxylation is 1. The van der Waals surface area contributed by atoms with E-state index in [9.17, 15) is 9.18 Å². The van der Waals surface area contributed by atoms with E-state index in [-0.39, 0.29) is 6.42 Å². The SMILES string of the molecule is CCCCCCCC(C)(F)C(=O)Oc1ccc(-c2ccccc2-c2ccc(CCC)cn2)cc1. The van der Waals surface area contributed by atoms with Crippen molar-refractivity contribution in [2.24, 2.45) is 0 Å². The monoisotopic (exact) mass is 461 g/mol. The summed E-state index contributed by atoms with van der Waals surface area (Å²) in [6.07, 6.45) is 9.21. The lowest BCUT2D eigenvalue weighted by Gasteiger charge is -2.18. The van der Waals surface area contributed by atoms with Crippen LogP contribution in [0.25, 0.3) is 22.4 Å². The highest BCUT2D eigenvalue weighted by molar-refractivity contribution is 5.83. The van der Waals surface area contributed by atoms with Crippen LogP contribution in [0, 0.1) is 0 Å². The summed E-state index contributed by atoms with van der Waals surface area (Å²) < 4.78 is 20.2. The third-order valence-electron chi connectivity index (χ3n) is 6.12. The maximum atomic E-state index is 14.9. The Morgan fingerprint density at radius 2 is 1.59 bits per heavy atom. The third-order valence-corrected chi connectivity index (χ3v) is 6.12. The van der Waals surface area contributed by atoms with Gasteiger partial charge in [-0.25, -0.2) is 9.18 Å². The lowest BCUT2D eigenvalue weighted by molar-refractivity contribution is -0.147. The van der Waals surface area contributed by atoms with E-state index in [1.807, 2.05) is 30.5 Å². The number of esters is 1. The molecule has 3 aromatic rings. The summed E-state index contributed by atoms with van der Waals surface area (Å²) in [6, 6.07) is 19.5. The van der Waals surface area contributed by atoms with Crippen LogP contribution in [0.5, 0.6) is 5.75 Å². The number of aromatic nitrogens is 1. The zero-order valence-electron chi connectivity index (χ0n) is 20.6. The molecular weight excluding hydrogens is 425 g/mol. The van der Waals surface area contributed by atoms with E-state index in [0.29, 0.717) is 12.2 Å². The fourth-order valence-electron chi connectivity index (χ4n) is 4.06. The minimum atomic E-state index is -1.98. The van der Waals surface area contributed by atoms with E-state index in [0.717, 1.165) is 60.9 Å². The fraction of sp³-hybridized carbons (Fsp3) is 0.400. The van der Waals surface area contributed by atoms with Crippen LogP contribution in [0.1, 0.15) is 71.3 Å². The molecule has 0 aliphatic rings. The number of unbranched alkanes of at least 4 members (excludes halogenated alkanes) is 4. The van der Waals surface area contributed by atoms with Gasteiger partial charge < -0.3 is 4.74 Å². The topological polar surface area (TPSA) is 39.2 Å². The summed E-state index contributed by atoms with van der Waals surface area (Å²) in [6.45, 7) is 5.62. The molecule has 3 nitrogen and oxygen atoms in total. The Hall–Kier alpha value is -3.01. The predicted molar refractivity (Wildman–Crippen MR) is 138 cm³/mol. The molecule has 34 heavy (non-hydrogen) atoms. The highest BCUT2D eigenvalue weighted by Gasteiger charge is 2.34. The molecule has 1 atom stereocenters. The zero-order chi connectivity index (χ0) is 24.4. The van der Waals surface area contributed by atoms with Gasteiger partial charge in [-0.2, -0.15) is 0 Å². The Morgan fingerprint density at radius 1 is 0.882 bits per heavy atom. The molecule has 0 fully saturated rings. The van der Waals surface area contributed by atoms with Gasteiger partial charge >= 0.3 is 5.97 Å². The highest BCUT2D eigenvalue weighted by atomic mass is 19.1. The number of carbonyl (C=O) groups is 1. The van der Waals surface area contributed by atoms with Gasteiger partial charge in [0.05, 0.1) is 5.69 Å². The van der Waals surface area contributed by atoms with Crippen LogP contribution in [0.15, 0.2) is 66.9 Å². The molecule has 3 rings (SSSR count). The Balaban J connectivity index is 1.68. The number of ether oxygens (including phenoxy) is 1. The van der Waals surface area contributed by atoms with E-state index in [1.165, 1.54) is 12.5 Å². The molecule has 4 heteroatoms. The maximum Gasteiger partial charge on any atom is 0.348 e. The molecule has 0 saturated carbocycles. The van der Waals surface area contributed by atoms with Gasteiger partial charge in [-0.3, -0.25) is 4.98 Å². The Labute approximate surface area is 203 Å². The van der Waals surface area contributed by atoms with Crippen molar-refractivity contribution in [1.29, 1.82) is 0 Å². The summed E-state index contributed by atoms with van der Waals surface area (Å²) in [5.74, 6) is -0.476. The van der Waals surface area contributed by atoms with Crippen LogP contribution in [0.4, 0.5) is 4.39 Å². The zero-order valence-corrected chi connectivity index (χ0v) is 20.6. The van der Waals surface area contributed by atoms with Crippen LogP contribution in [0.2, 0.25) is 0 Å². The largest absolute Gasteiger partial charge is 0.424 e. The van der Waals surface area contributed by atoms with E-state index < -0.39 is 11.6 Å². The summed E-state index contributed by atoms with van der Waals surface area (Å²) in [4.78, 5) is 17.1. The maximum absolute atomic E-state index is 14.9. The first kappa shape index (κ1) is 25.6. The molecule has 0 amide bonds. The van der Waals surface area contributed by atoms with Crippen LogP contribution in [0.3, 0.4) is 0 Å². The predicted octanol–water partition coefficient (Wildman–Crippen LogP) is 8.36. The molecule has 180 valence electrons. The van der Waals surface area contributed by atoms with Crippen molar-refractivity contribution < 1.29 is 13.9 Å². The molecule has 0 aliphatic carbocycles. The van der Waals surface area contributed by atoms with Crippen molar-refractivity contribution in [1.82, 2.24) is 4.98 Å². The molecule has 0 bridgehead atoms. The first-order valence-corrected chi connectivity index (χ1v) is 12.5. The minimum Gasteiger partial charge on any atom is -0.424 e. The van der Waals surface area contributed by atoms with Crippen LogP contribution >= 0.6 is 0 Å². The van der Waals surface area contributed by atoms with Gasteiger partial charge in [-0.15, -0.1) is 0 Å². The first-order valence-electron chi connectivity index (χ1n) is 12.5. The Kier molecular flexibility index (Phi) is 9.38. The van der Waals surface area contributed by atoms with Crippen molar-refractivity contribution in [2.75, 3.05) is 0 Å². The molecule has 1 unspecified atom stereocenters. The van der Waals surface area contributed by atoms with Gasteiger partial charge in [0.1, 0.15) is 5.75 Å². The van der Waals surface area contributed by atoms with Crippen molar-refractivity contribution in [3.05, 3.63) is 72.4 Å². The summed E-state index contributed by atoms with van der Waals surface area (Å²) in [7, 11) is 0. The molecule has 0 aliphatic heterocycles. The number of alkyl halides is 1. The summed E-state index contributed by atoms with van der Waals surface area (Å²) >= 11 is 0. The Morgan fingerprint density at radius 3 is 2.24 bits per heavy atom. The summed E-state index contributed by atoms with van der Waals surface area (Å²) in [5, 5.41) is 0. The van der Waals surface area contributed by atoms with E-state index in [4.69, 9.17) is 4.74 Å². The molecular formula is C30H36FNO2. The van der Waals surface area contributed by atoms with Crippen molar-refractivity contribution in [3.8, 4) is 28.1 Å². The van der Waals surface area contributed by atoms with Gasteiger partial charge in [-0.05, 0) is 61.1 Å². The normalized spacial score (nSPS) is 12.8. The number of rotatable bonds is 12. The number of hydrogen-bond donors (Lipinski definition) is 0. The second-order valence-corrected chi connectivity index (χ2v) is 9.12. The molecule has 1 aromatic heterocycles. The Bertz CT molecular complexity index is 1040. The van der Waals surface area contributed by atoms with Gasteiger partial charge in [0, 0.05) is 11.8 Å². The van der Waals surface area contributed by atoms with Gasteiger partial charge in [-0.1, -0.05) is 88.4 Å². The molecule has 2 aromatic carbocycles. The first-order chi connectivity index (χ1) is 16.4. The van der Waals surface area contributed by atoms with Gasteiger partial charge in [0.25, 0.3) is 0 Å². The van der Waals surface area contributed by atoms with Crippen molar-refractivity contribution in [3.63, 3.8) is 0 Å². The average Bonchev–Trinajstić information content (AvgIpc) is 2.85. The number of benzene rings is 2. The second kappa shape index (κ2) is 12.5. The van der Waals surface area contributed by atoms with Gasteiger partial charge in [0.2, 0.25) is 5.67 Å². The van der Waals surface area contributed by atoms with E-state index >= 15 is 0 Å². The number of hydrogen-bond acceptors (Lipinski definition) is 3. The molecule has 1 heterocycles. The number of nitrogens with zero attached hydrogens (tertiary/aromatic N) is 1. The summed E-state index contributed by atoms with van der Waals surface area (Å²) in [5.41, 5.74) is 3.23. The molecule has 0 radical (unpaired) electrons. The lowest BCUT2D eigenvalue weighted by Crippen LogP contribution is -2.34. The van der Waals surface area contributed by atoms with Crippen molar-refractivity contribution in [2.45, 2.75) is 77.8 Å². The number of carbonyl (C=O) groups excluding carboxylic acids is 1. The second-order valence-electron chi connectivity index (χ2n) is 9.12. The van der Waals surface area contributed by atoms with Crippen LogP contribution in [-0.2, 0) is 11.2 Å².